The first-order valence-electron chi connectivity index (χ1n) is 8.01. The van der Waals surface area contributed by atoms with Crippen molar-refractivity contribution < 1.29 is 18.5 Å². The Morgan fingerprint density at radius 3 is 2.28 bits per heavy atom. The largest absolute Gasteiger partial charge is 0.598 e. The van der Waals surface area contributed by atoms with Gasteiger partial charge in [-0.15, -0.1) is 4.72 Å². The number of hydrogen-bond donors (Lipinski definition) is 1. The average Bonchev–Trinajstić information content (AvgIpc) is 2.37. The molecule has 0 spiro atoms. The Hall–Kier alpha value is -0.630. The summed E-state index contributed by atoms with van der Waals surface area (Å²) in [7, 11) is 0. The van der Waals surface area contributed by atoms with E-state index in [1.165, 1.54) is 6.07 Å². The lowest BCUT2D eigenvalue weighted by Gasteiger charge is -2.35. The van der Waals surface area contributed by atoms with E-state index in [9.17, 15) is 13.7 Å². The minimum atomic E-state index is -1.50. The molecule has 0 saturated carbocycles. The highest BCUT2D eigenvalue weighted by molar-refractivity contribution is 9.10. The van der Waals surface area contributed by atoms with E-state index in [2.05, 4.69) is 20.7 Å². The lowest BCUT2D eigenvalue weighted by molar-refractivity contribution is -0.156. The molecule has 0 aliphatic rings. The highest BCUT2D eigenvalue weighted by Crippen LogP contribution is 2.33. The van der Waals surface area contributed by atoms with E-state index >= 15 is 0 Å². The molecule has 0 aromatic heterocycles. The van der Waals surface area contributed by atoms with Gasteiger partial charge in [-0.25, -0.2) is 4.39 Å². The van der Waals surface area contributed by atoms with Gasteiger partial charge >= 0.3 is 5.97 Å². The fourth-order valence-corrected chi connectivity index (χ4v) is 3.39. The Balaban J connectivity index is 3.26. The van der Waals surface area contributed by atoms with Crippen LogP contribution in [-0.4, -0.2) is 20.9 Å². The van der Waals surface area contributed by atoms with Crippen molar-refractivity contribution >= 4 is 33.3 Å². The minimum absolute atomic E-state index is 0.153. The topological polar surface area (TPSA) is 61.4 Å². The van der Waals surface area contributed by atoms with Gasteiger partial charge < -0.3 is 9.29 Å². The first kappa shape index (κ1) is 22.4. The van der Waals surface area contributed by atoms with Crippen LogP contribution in [0.2, 0.25) is 0 Å². The zero-order valence-electron chi connectivity index (χ0n) is 15.8. The quantitative estimate of drug-likeness (QED) is 0.542. The number of carbonyl (C=O) groups is 1. The molecule has 0 amide bonds. The molecule has 25 heavy (non-hydrogen) atoms. The number of ether oxygens (including phenoxy) is 1. The maximum absolute atomic E-state index is 14.5. The van der Waals surface area contributed by atoms with Crippen LogP contribution in [-0.2, 0) is 26.4 Å². The van der Waals surface area contributed by atoms with Crippen LogP contribution in [0.25, 0.3) is 0 Å². The van der Waals surface area contributed by atoms with E-state index in [0.29, 0.717) is 4.47 Å². The summed E-state index contributed by atoms with van der Waals surface area (Å²) in [5.41, 5.74) is -1.59. The van der Waals surface area contributed by atoms with Crippen LogP contribution in [0.4, 0.5) is 4.39 Å². The van der Waals surface area contributed by atoms with E-state index in [-0.39, 0.29) is 12.0 Å². The highest BCUT2D eigenvalue weighted by Gasteiger charge is 2.41. The maximum atomic E-state index is 14.5. The summed E-state index contributed by atoms with van der Waals surface area (Å²) in [6, 6.07) is 4.48. The van der Waals surface area contributed by atoms with Crippen LogP contribution in [0.5, 0.6) is 0 Å². The molecule has 1 rings (SSSR count). The smallest absolute Gasteiger partial charge is 0.308 e. The minimum Gasteiger partial charge on any atom is -0.598 e. The Labute approximate surface area is 161 Å². The summed E-state index contributed by atoms with van der Waals surface area (Å²) in [6.45, 7) is 12.4. The monoisotopic (exact) mass is 435 g/mol. The lowest BCUT2D eigenvalue weighted by atomic mass is 9.89. The third-order valence-electron chi connectivity index (χ3n) is 3.31. The van der Waals surface area contributed by atoms with Gasteiger partial charge in [0.25, 0.3) is 0 Å². The summed E-state index contributed by atoms with van der Waals surface area (Å²) in [4.78, 5) is 12.4. The van der Waals surface area contributed by atoms with Crippen molar-refractivity contribution in [2.45, 2.75) is 70.8 Å². The third kappa shape index (κ3) is 6.89. The molecule has 0 radical (unpaired) electrons. The Bertz CT molecular complexity index is 628. The normalized spacial score (nSPS) is 16.2. The molecule has 0 heterocycles. The van der Waals surface area contributed by atoms with Gasteiger partial charge in [-0.05, 0) is 66.7 Å². The molecule has 0 aliphatic carbocycles. The summed E-state index contributed by atoms with van der Waals surface area (Å²) in [6.07, 6.45) is -0.153. The van der Waals surface area contributed by atoms with Gasteiger partial charge in [-0.3, -0.25) is 4.79 Å². The molecule has 7 heteroatoms. The molecule has 4 nitrogen and oxygen atoms in total. The van der Waals surface area contributed by atoms with Crippen molar-refractivity contribution in [3.63, 3.8) is 0 Å². The van der Waals surface area contributed by atoms with Gasteiger partial charge in [-0.2, -0.15) is 0 Å². The van der Waals surface area contributed by atoms with Crippen LogP contribution in [0, 0.1) is 5.82 Å². The van der Waals surface area contributed by atoms with Crippen LogP contribution < -0.4 is 4.72 Å². The number of benzene rings is 1. The predicted molar refractivity (Wildman–Crippen MR) is 103 cm³/mol. The molecule has 1 aromatic carbocycles. The fourth-order valence-electron chi connectivity index (χ4n) is 2.13. The van der Waals surface area contributed by atoms with Crippen LogP contribution in [0.3, 0.4) is 0 Å². The second-order valence-electron chi connectivity index (χ2n) is 8.20. The summed E-state index contributed by atoms with van der Waals surface area (Å²) >= 11 is 1.82. The maximum Gasteiger partial charge on any atom is 0.308 e. The van der Waals surface area contributed by atoms with Crippen LogP contribution >= 0.6 is 15.9 Å². The van der Waals surface area contributed by atoms with E-state index in [4.69, 9.17) is 4.74 Å². The fraction of sp³-hybridized carbons (Fsp3) is 0.611. The van der Waals surface area contributed by atoms with E-state index in [1.807, 2.05) is 0 Å². The Morgan fingerprint density at radius 2 is 1.80 bits per heavy atom. The predicted octanol–water partition coefficient (Wildman–Crippen LogP) is 4.59. The van der Waals surface area contributed by atoms with E-state index < -0.39 is 39.0 Å². The molecule has 1 unspecified atom stereocenters. The van der Waals surface area contributed by atoms with Crippen LogP contribution in [0.1, 0.15) is 60.5 Å². The molecule has 142 valence electrons. The molecule has 2 atom stereocenters. The van der Waals surface area contributed by atoms with Crippen molar-refractivity contribution in [1.82, 2.24) is 4.72 Å². The SMILES string of the molecule is CC(C)(C)OC(=O)C[C@](C)(N[S+]([O-])C(C)(C)C)c1cc(Br)ccc1F. The first-order valence-corrected chi connectivity index (χ1v) is 9.95. The Kier molecular flexibility index (Phi) is 7.12. The zero-order chi connectivity index (χ0) is 19.6. The molecule has 1 N–H and O–H groups in total. The lowest BCUT2D eigenvalue weighted by Crippen LogP contribution is -2.51. The van der Waals surface area contributed by atoms with Crippen molar-refractivity contribution in [1.29, 1.82) is 0 Å². The standard InChI is InChI=1S/C18H27BrFNO3S/c1-16(2,3)24-15(22)11-18(7,21-25(23)17(4,5)6)13-10-12(19)8-9-14(13)20/h8-10,21H,11H2,1-7H3/t18-,25?/m0/s1. The van der Waals surface area contributed by atoms with Crippen molar-refractivity contribution in [2.75, 3.05) is 0 Å². The van der Waals surface area contributed by atoms with Crippen LogP contribution in [0.15, 0.2) is 22.7 Å². The molecular formula is C18H27BrFNO3S. The molecular weight excluding hydrogens is 409 g/mol. The summed E-state index contributed by atoms with van der Waals surface area (Å²) < 4.78 is 35.5. The number of halogens is 2. The number of nitrogens with one attached hydrogen (secondary N) is 1. The molecule has 0 bridgehead atoms. The number of hydrogen-bond acceptors (Lipinski definition) is 4. The average molecular weight is 436 g/mol. The van der Waals surface area contributed by atoms with Gasteiger partial charge in [0, 0.05) is 21.4 Å². The van der Waals surface area contributed by atoms with Gasteiger partial charge in [0.2, 0.25) is 0 Å². The number of carbonyl (C=O) groups excluding carboxylic acids is 1. The third-order valence-corrected chi connectivity index (χ3v) is 5.56. The van der Waals surface area contributed by atoms with E-state index in [1.54, 1.807) is 60.6 Å². The summed E-state index contributed by atoms with van der Waals surface area (Å²) in [5, 5.41) is 0. The molecule has 0 aliphatic heterocycles. The highest BCUT2D eigenvalue weighted by atomic mass is 79.9. The molecule has 1 aromatic rings. The Morgan fingerprint density at radius 1 is 1.24 bits per heavy atom. The van der Waals surface area contributed by atoms with Gasteiger partial charge in [0.15, 0.2) is 0 Å². The van der Waals surface area contributed by atoms with Gasteiger partial charge in [0.05, 0.1) is 12.0 Å². The molecule has 0 fully saturated rings. The number of esters is 1. The zero-order valence-corrected chi connectivity index (χ0v) is 18.2. The van der Waals surface area contributed by atoms with Gasteiger partial charge in [0.1, 0.15) is 16.2 Å². The van der Waals surface area contributed by atoms with Gasteiger partial charge in [-0.1, -0.05) is 15.9 Å². The van der Waals surface area contributed by atoms with Crippen molar-refractivity contribution in [2.24, 2.45) is 0 Å². The second kappa shape index (κ2) is 7.94. The molecule has 0 saturated heterocycles. The van der Waals surface area contributed by atoms with Crippen molar-refractivity contribution in [3.05, 3.63) is 34.1 Å². The first-order chi connectivity index (χ1) is 11.1. The van der Waals surface area contributed by atoms with Crippen molar-refractivity contribution in [3.8, 4) is 0 Å². The van der Waals surface area contributed by atoms with E-state index in [0.717, 1.165) is 0 Å². The number of rotatable bonds is 5. The summed E-state index contributed by atoms with van der Waals surface area (Å²) in [5.74, 6) is -0.972. The second-order valence-corrected chi connectivity index (χ2v) is 11.1.